The predicted molar refractivity (Wildman–Crippen MR) is 175 cm³/mol. The molecule has 0 saturated carbocycles. The first-order valence-electron chi connectivity index (χ1n) is 15.1. The van der Waals surface area contributed by atoms with Gasteiger partial charge in [-0.25, -0.2) is 9.18 Å². The second-order valence-corrected chi connectivity index (χ2v) is 12.7. The molecule has 0 radical (unpaired) electrons. The van der Waals surface area contributed by atoms with Crippen LogP contribution in [0.3, 0.4) is 0 Å². The van der Waals surface area contributed by atoms with Crippen LogP contribution in [0.25, 0.3) is 11.1 Å². The summed E-state index contributed by atoms with van der Waals surface area (Å²) in [6, 6.07) is 31.6. The molecule has 0 spiro atoms. The van der Waals surface area contributed by atoms with Crippen molar-refractivity contribution in [2.75, 3.05) is 6.54 Å². The van der Waals surface area contributed by atoms with Crippen molar-refractivity contribution in [2.24, 2.45) is 0 Å². The van der Waals surface area contributed by atoms with Crippen molar-refractivity contribution < 1.29 is 22.0 Å². The molecule has 1 aliphatic rings. The van der Waals surface area contributed by atoms with Crippen LogP contribution >= 0.6 is 15.9 Å². The number of fused-ring (bicyclic) bond motifs is 3. The van der Waals surface area contributed by atoms with Crippen LogP contribution < -0.4 is 5.76 Å². The summed E-state index contributed by atoms with van der Waals surface area (Å²) in [7, 11) is 0. The van der Waals surface area contributed by atoms with Gasteiger partial charge in [-0.2, -0.15) is 13.2 Å². The van der Waals surface area contributed by atoms with Gasteiger partial charge in [-0.1, -0.05) is 97.1 Å². The molecule has 0 N–H and O–H groups in total. The SMILES string of the molecule is C[C@@H]1Cc2c(ccc3c2oc(=O)n3C(c2ccccc2)(c2ccccc2)c2ccccc2)[C@@H](c2ncc(Br)cc2F)N1CC(F)(F)F. The van der Waals surface area contributed by atoms with Gasteiger partial charge < -0.3 is 4.42 Å². The average molecular weight is 703 g/mol. The van der Waals surface area contributed by atoms with Crippen LogP contribution in [0, 0.1) is 5.82 Å². The molecule has 0 fully saturated rings. The van der Waals surface area contributed by atoms with E-state index in [1.807, 2.05) is 91.0 Å². The highest BCUT2D eigenvalue weighted by molar-refractivity contribution is 9.10. The molecule has 0 saturated heterocycles. The van der Waals surface area contributed by atoms with Gasteiger partial charge in [-0.15, -0.1) is 0 Å². The van der Waals surface area contributed by atoms with Crippen LogP contribution in [0.15, 0.2) is 129 Å². The number of nitrogens with zero attached hydrogens (tertiary/aromatic N) is 3. The Morgan fingerprint density at radius 1 is 0.872 bits per heavy atom. The fourth-order valence-electron chi connectivity index (χ4n) is 7.09. The Balaban J connectivity index is 1.54. The van der Waals surface area contributed by atoms with Crippen LogP contribution in [-0.2, 0) is 12.0 Å². The molecule has 0 bridgehead atoms. The Kier molecular flexibility index (Phi) is 7.88. The van der Waals surface area contributed by atoms with Crippen molar-refractivity contribution >= 4 is 27.0 Å². The van der Waals surface area contributed by atoms with Gasteiger partial charge in [0.25, 0.3) is 0 Å². The molecule has 47 heavy (non-hydrogen) atoms. The summed E-state index contributed by atoms with van der Waals surface area (Å²) in [5.74, 6) is -1.38. The number of aromatic nitrogens is 2. The van der Waals surface area contributed by atoms with E-state index in [0.717, 1.165) is 16.7 Å². The standard InChI is InChI=1S/C37H28BrF4N3O2/c1-23-19-29-28(33(44(23)22-36(40,41)42)32-30(39)20-27(38)21-43-32)17-18-31-34(29)47-35(46)45(31)37(24-11-5-2-6-12-24,25-13-7-3-8-14-25)26-15-9-4-10-16-26/h2-18,20-21,23,33H,19,22H2,1H3/t23-,33+/m1/s1. The van der Waals surface area contributed by atoms with E-state index in [-0.39, 0.29) is 17.7 Å². The lowest BCUT2D eigenvalue weighted by Gasteiger charge is -2.42. The third kappa shape index (κ3) is 5.29. The van der Waals surface area contributed by atoms with Crippen LogP contribution in [0.5, 0.6) is 0 Å². The quantitative estimate of drug-likeness (QED) is 0.129. The second kappa shape index (κ2) is 11.9. The maximum Gasteiger partial charge on any atom is 0.421 e. The highest BCUT2D eigenvalue weighted by Gasteiger charge is 2.45. The van der Waals surface area contributed by atoms with Crippen LogP contribution in [0.1, 0.15) is 46.5 Å². The lowest BCUT2D eigenvalue weighted by atomic mass is 9.76. The van der Waals surface area contributed by atoms with E-state index in [9.17, 15) is 18.0 Å². The van der Waals surface area contributed by atoms with Gasteiger partial charge in [0.1, 0.15) is 11.4 Å². The highest BCUT2D eigenvalue weighted by atomic mass is 79.9. The monoisotopic (exact) mass is 701 g/mol. The first kappa shape index (κ1) is 31.1. The summed E-state index contributed by atoms with van der Waals surface area (Å²) >= 11 is 3.20. The highest BCUT2D eigenvalue weighted by Crippen LogP contribution is 2.46. The summed E-state index contributed by atoms with van der Waals surface area (Å²) in [6.07, 6.45) is -3.04. The first-order chi connectivity index (χ1) is 22.6. The molecule has 2 atom stereocenters. The number of alkyl halides is 3. The van der Waals surface area contributed by atoms with Gasteiger partial charge in [0.2, 0.25) is 0 Å². The first-order valence-corrected chi connectivity index (χ1v) is 15.9. The number of hydrogen-bond acceptors (Lipinski definition) is 4. The summed E-state index contributed by atoms with van der Waals surface area (Å²) in [4.78, 5) is 19.8. The number of pyridine rings is 1. The minimum absolute atomic E-state index is 0.138. The smallest absolute Gasteiger partial charge is 0.407 e. The van der Waals surface area contributed by atoms with Crippen molar-refractivity contribution in [1.29, 1.82) is 0 Å². The summed E-state index contributed by atoms with van der Waals surface area (Å²) in [5.41, 5.74) is 2.77. The number of benzene rings is 4. The van der Waals surface area contributed by atoms with Gasteiger partial charge in [-0.3, -0.25) is 14.5 Å². The molecule has 7 rings (SSSR count). The number of rotatable bonds is 6. The molecule has 10 heteroatoms. The van der Waals surface area contributed by atoms with E-state index in [4.69, 9.17) is 4.42 Å². The van der Waals surface area contributed by atoms with E-state index in [1.165, 1.54) is 17.2 Å². The Morgan fingerprint density at radius 3 is 1.94 bits per heavy atom. The Hall–Kier alpha value is -4.54. The zero-order chi connectivity index (χ0) is 32.9. The van der Waals surface area contributed by atoms with Crippen molar-refractivity contribution in [1.82, 2.24) is 14.5 Å². The molecule has 0 unspecified atom stereocenters. The molecule has 0 aliphatic carbocycles. The fraction of sp³-hybridized carbons (Fsp3) is 0.189. The van der Waals surface area contributed by atoms with Crippen molar-refractivity contribution in [3.8, 4) is 0 Å². The minimum Gasteiger partial charge on any atom is -0.407 e. The van der Waals surface area contributed by atoms with Gasteiger partial charge in [0.05, 0.1) is 23.8 Å². The molecule has 3 heterocycles. The molecule has 0 amide bonds. The molecular formula is C37H28BrF4N3O2. The molecule has 6 aromatic rings. The zero-order valence-corrected chi connectivity index (χ0v) is 26.7. The summed E-state index contributed by atoms with van der Waals surface area (Å²) in [5, 5.41) is 0. The third-order valence-electron chi connectivity index (χ3n) is 8.95. The lowest BCUT2D eigenvalue weighted by molar-refractivity contribution is -0.155. The molecule has 1 aliphatic heterocycles. The normalized spacial score (nSPS) is 17.1. The third-order valence-corrected chi connectivity index (χ3v) is 9.38. The van der Waals surface area contributed by atoms with E-state index in [0.29, 0.717) is 21.1 Å². The van der Waals surface area contributed by atoms with Crippen LogP contribution in [0.2, 0.25) is 0 Å². The fourth-order valence-corrected chi connectivity index (χ4v) is 7.40. The van der Waals surface area contributed by atoms with Gasteiger partial charge in [-0.05, 0) is 63.7 Å². The van der Waals surface area contributed by atoms with Gasteiger partial charge >= 0.3 is 11.9 Å². The molecule has 2 aromatic heterocycles. The topological polar surface area (TPSA) is 51.3 Å². The van der Waals surface area contributed by atoms with Crippen LogP contribution in [-0.4, -0.2) is 33.2 Å². The van der Waals surface area contributed by atoms with E-state index in [1.54, 1.807) is 23.6 Å². The Labute approximate surface area is 276 Å². The van der Waals surface area contributed by atoms with E-state index < -0.39 is 41.9 Å². The van der Waals surface area contributed by atoms with E-state index >= 15 is 4.39 Å². The van der Waals surface area contributed by atoms with Crippen molar-refractivity contribution in [3.05, 3.63) is 170 Å². The maximum atomic E-state index is 15.5. The average Bonchev–Trinajstić information content (AvgIpc) is 3.40. The largest absolute Gasteiger partial charge is 0.421 e. The molecule has 238 valence electrons. The Bertz CT molecular complexity index is 2020. The summed E-state index contributed by atoms with van der Waals surface area (Å²) in [6.45, 7) is 0.395. The summed E-state index contributed by atoms with van der Waals surface area (Å²) < 4.78 is 65.4. The maximum absolute atomic E-state index is 15.5. The van der Waals surface area contributed by atoms with Gasteiger partial charge in [0, 0.05) is 22.3 Å². The lowest BCUT2D eigenvalue weighted by Crippen LogP contribution is -2.47. The molecule has 5 nitrogen and oxygen atoms in total. The number of oxazole rings is 1. The zero-order valence-electron chi connectivity index (χ0n) is 25.1. The van der Waals surface area contributed by atoms with Gasteiger partial charge in [0.15, 0.2) is 5.58 Å². The Morgan fingerprint density at radius 2 is 1.43 bits per heavy atom. The van der Waals surface area contributed by atoms with Crippen molar-refractivity contribution in [2.45, 2.75) is 37.1 Å². The minimum atomic E-state index is -4.55. The number of halogens is 5. The predicted octanol–water partition coefficient (Wildman–Crippen LogP) is 8.63. The number of hydrogen-bond donors (Lipinski definition) is 0. The van der Waals surface area contributed by atoms with E-state index in [2.05, 4.69) is 20.9 Å². The second-order valence-electron chi connectivity index (χ2n) is 11.8. The van der Waals surface area contributed by atoms with Crippen LogP contribution in [0.4, 0.5) is 17.6 Å². The van der Waals surface area contributed by atoms with Crippen molar-refractivity contribution in [3.63, 3.8) is 0 Å². The molecular weight excluding hydrogens is 674 g/mol. The molecule has 4 aromatic carbocycles.